The number of carbonyl (C=O) groups excluding carboxylic acids is 1. The maximum atomic E-state index is 12.2. The predicted octanol–water partition coefficient (Wildman–Crippen LogP) is 5.64. The van der Waals surface area contributed by atoms with Crippen LogP contribution < -0.4 is 10.1 Å². The van der Waals surface area contributed by atoms with Gasteiger partial charge in [-0.1, -0.05) is 31.0 Å². The van der Waals surface area contributed by atoms with Crippen LogP contribution in [0.4, 0.5) is 5.69 Å². The summed E-state index contributed by atoms with van der Waals surface area (Å²) >= 11 is 6.07. The highest BCUT2D eigenvalue weighted by Crippen LogP contribution is 2.22. The molecule has 0 radical (unpaired) electrons. The molecule has 126 valence electrons. The smallest absolute Gasteiger partial charge is 0.187 e. The van der Waals surface area contributed by atoms with Gasteiger partial charge < -0.3 is 10.1 Å². The van der Waals surface area contributed by atoms with E-state index in [4.69, 9.17) is 16.3 Å². The molecular formula is C20H22ClNO2. The summed E-state index contributed by atoms with van der Waals surface area (Å²) in [4.78, 5) is 12.2. The molecule has 0 aliphatic rings. The summed E-state index contributed by atoms with van der Waals surface area (Å²) in [6.07, 6.45) is 5.26. The monoisotopic (exact) mass is 343 g/mol. The molecule has 2 aromatic rings. The number of benzene rings is 2. The van der Waals surface area contributed by atoms with Gasteiger partial charge in [0, 0.05) is 28.5 Å². The largest absolute Gasteiger partial charge is 0.494 e. The zero-order valence-electron chi connectivity index (χ0n) is 14.0. The van der Waals surface area contributed by atoms with Crippen molar-refractivity contribution in [2.24, 2.45) is 0 Å². The predicted molar refractivity (Wildman–Crippen MR) is 100 cm³/mol. The summed E-state index contributed by atoms with van der Waals surface area (Å²) in [5.41, 5.74) is 2.45. The van der Waals surface area contributed by atoms with Gasteiger partial charge in [0.2, 0.25) is 0 Å². The zero-order valence-corrected chi connectivity index (χ0v) is 14.8. The molecule has 1 N–H and O–H groups in total. The molecule has 0 aromatic heterocycles. The topological polar surface area (TPSA) is 38.3 Å². The SMILES string of the molecule is CCCCOc1ccc(C(=O)C=CNc2cccc(Cl)c2C)cc1. The average Bonchev–Trinajstić information content (AvgIpc) is 2.59. The van der Waals surface area contributed by atoms with Crippen molar-refractivity contribution < 1.29 is 9.53 Å². The number of ketones is 1. The Morgan fingerprint density at radius 1 is 1.21 bits per heavy atom. The highest BCUT2D eigenvalue weighted by atomic mass is 35.5. The number of unbranched alkanes of at least 4 members (excludes halogenated alkanes) is 1. The molecule has 2 aromatic carbocycles. The van der Waals surface area contributed by atoms with Crippen molar-refractivity contribution in [2.75, 3.05) is 11.9 Å². The van der Waals surface area contributed by atoms with Crippen molar-refractivity contribution in [3.05, 3.63) is 70.9 Å². The second kappa shape index (κ2) is 9.14. The molecular weight excluding hydrogens is 322 g/mol. The van der Waals surface area contributed by atoms with Crippen molar-refractivity contribution in [1.82, 2.24) is 0 Å². The summed E-state index contributed by atoms with van der Waals surface area (Å²) in [5, 5.41) is 3.78. The number of halogens is 1. The van der Waals surface area contributed by atoms with E-state index in [1.54, 1.807) is 18.3 Å². The first-order chi connectivity index (χ1) is 11.6. The van der Waals surface area contributed by atoms with Gasteiger partial charge in [-0.25, -0.2) is 0 Å². The lowest BCUT2D eigenvalue weighted by Gasteiger charge is -2.07. The Morgan fingerprint density at radius 3 is 2.67 bits per heavy atom. The first-order valence-corrected chi connectivity index (χ1v) is 8.45. The van der Waals surface area contributed by atoms with Crippen LogP contribution in [0, 0.1) is 6.92 Å². The summed E-state index contributed by atoms with van der Waals surface area (Å²) in [6.45, 7) is 4.75. The fourth-order valence-corrected chi connectivity index (χ4v) is 2.29. The van der Waals surface area contributed by atoms with Gasteiger partial charge in [0.05, 0.1) is 6.61 Å². The second-order valence-corrected chi connectivity index (χ2v) is 5.89. The normalized spacial score (nSPS) is 10.8. The molecule has 0 atom stereocenters. The van der Waals surface area contributed by atoms with Crippen LogP contribution in [0.1, 0.15) is 35.7 Å². The standard InChI is InChI=1S/C20H22ClNO2/c1-3-4-14-24-17-10-8-16(9-11-17)20(23)12-13-22-19-7-5-6-18(21)15(19)2/h5-13,22H,3-4,14H2,1-2H3. The van der Waals surface area contributed by atoms with Gasteiger partial charge in [-0.15, -0.1) is 0 Å². The molecule has 0 aliphatic carbocycles. The molecule has 0 saturated heterocycles. The van der Waals surface area contributed by atoms with E-state index in [0.717, 1.165) is 29.8 Å². The summed E-state index contributed by atoms with van der Waals surface area (Å²) < 4.78 is 5.59. The Bertz CT molecular complexity index is 708. The highest BCUT2D eigenvalue weighted by molar-refractivity contribution is 6.31. The van der Waals surface area contributed by atoms with Crippen LogP contribution in [0.2, 0.25) is 5.02 Å². The molecule has 3 nitrogen and oxygen atoms in total. The Balaban J connectivity index is 1.93. The van der Waals surface area contributed by atoms with Gasteiger partial charge in [0.25, 0.3) is 0 Å². The lowest BCUT2D eigenvalue weighted by atomic mass is 10.1. The number of hydrogen-bond acceptors (Lipinski definition) is 3. The Hall–Kier alpha value is -2.26. The van der Waals surface area contributed by atoms with Crippen LogP contribution in [0.5, 0.6) is 5.75 Å². The first-order valence-electron chi connectivity index (χ1n) is 8.07. The van der Waals surface area contributed by atoms with E-state index in [9.17, 15) is 4.79 Å². The van der Waals surface area contributed by atoms with Crippen molar-refractivity contribution in [1.29, 1.82) is 0 Å². The van der Waals surface area contributed by atoms with E-state index < -0.39 is 0 Å². The zero-order chi connectivity index (χ0) is 17.4. The molecule has 0 bridgehead atoms. The maximum absolute atomic E-state index is 12.2. The summed E-state index contributed by atoms with van der Waals surface area (Å²) in [5.74, 6) is 0.721. The highest BCUT2D eigenvalue weighted by Gasteiger charge is 2.03. The minimum atomic E-state index is -0.0673. The Labute approximate surface area is 148 Å². The van der Waals surface area contributed by atoms with Crippen LogP contribution >= 0.6 is 11.6 Å². The van der Waals surface area contributed by atoms with Crippen LogP contribution in [0.25, 0.3) is 0 Å². The van der Waals surface area contributed by atoms with Crippen molar-refractivity contribution in [3.63, 3.8) is 0 Å². The maximum Gasteiger partial charge on any atom is 0.187 e. The third-order valence-corrected chi connectivity index (χ3v) is 4.06. The lowest BCUT2D eigenvalue weighted by molar-refractivity contribution is 0.104. The van der Waals surface area contributed by atoms with Crippen LogP contribution in [-0.2, 0) is 0 Å². The van der Waals surface area contributed by atoms with Gasteiger partial charge in [-0.3, -0.25) is 4.79 Å². The number of nitrogens with one attached hydrogen (secondary N) is 1. The molecule has 2 rings (SSSR count). The van der Waals surface area contributed by atoms with Crippen LogP contribution in [0.15, 0.2) is 54.7 Å². The van der Waals surface area contributed by atoms with E-state index in [0.29, 0.717) is 17.2 Å². The first kappa shape index (κ1) is 18.1. The molecule has 0 spiro atoms. The third-order valence-electron chi connectivity index (χ3n) is 3.65. The molecule has 0 saturated carbocycles. The van der Waals surface area contributed by atoms with Crippen molar-refractivity contribution in [3.8, 4) is 5.75 Å². The van der Waals surface area contributed by atoms with E-state index in [2.05, 4.69) is 12.2 Å². The number of rotatable bonds is 8. The van der Waals surface area contributed by atoms with E-state index in [-0.39, 0.29) is 5.78 Å². The van der Waals surface area contributed by atoms with Crippen molar-refractivity contribution in [2.45, 2.75) is 26.7 Å². The fraction of sp³-hybridized carbons (Fsp3) is 0.250. The minimum absolute atomic E-state index is 0.0673. The molecule has 0 unspecified atom stereocenters. The van der Waals surface area contributed by atoms with E-state index >= 15 is 0 Å². The Morgan fingerprint density at radius 2 is 1.96 bits per heavy atom. The van der Waals surface area contributed by atoms with Gasteiger partial charge in [0.1, 0.15) is 5.75 Å². The number of carbonyl (C=O) groups is 1. The average molecular weight is 344 g/mol. The van der Waals surface area contributed by atoms with E-state index in [1.165, 1.54) is 6.08 Å². The molecule has 0 aliphatic heterocycles. The van der Waals surface area contributed by atoms with Crippen molar-refractivity contribution >= 4 is 23.1 Å². The number of hydrogen-bond donors (Lipinski definition) is 1. The third kappa shape index (κ3) is 5.14. The molecule has 0 heterocycles. The van der Waals surface area contributed by atoms with Crippen LogP contribution in [0.3, 0.4) is 0 Å². The second-order valence-electron chi connectivity index (χ2n) is 5.48. The molecule has 0 fully saturated rings. The minimum Gasteiger partial charge on any atom is -0.494 e. The number of anilines is 1. The number of ether oxygens (including phenoxy) is 1. The summed E-state index contributed by atoms with van der Waals surface area (Å²) in [6, 6.07) is 12.8. The van der Waals surface area contributed by atoms with Gasteiger partial charge in [-0.05, 0) is 55.3 Å². The quantitative estimate of drug-likeness (QED) is 0.383. The van der Waals surface area contributed by atoms with Gasteiger partial charge in [-0.2, -0.15) is 0 Å². The van der Waals surface area contributed by atoms with Crippen LogP contribution in [-0.4, -0.2) is 12.4 Å². The van der Waals surface area contributed by atoms with E-state index in [1.807, 2.05) is 37.3 Å². The molecule has 24 heavy (non-hydrogen) atoms. The molecule has 4 heteroatoms. The van der Waals surface area contributed by atoms with Gasteiger partial charge >= 0.3 is 0 Å². The number of allylic oxidation sites excluding steroid dienone is 1. The summed E-state index contributed by atoms with van der Waals surface area (Å²) in [7, 11) is 0. The Kier molecular flexibility index (Phi) is 6.89. The van der Waals surface area contributed by atoms with Gasteiger partial charge in [0.15, 0.2) is 5.78 Å². The lowest BCUT2D eigenvalue weighted by Crippen LogP contribution is -1.99. The molecule has 0 amide bonds. The fourth-order valence-electron chi connectivity index (χ4n) is 2.12.